The molecule has 22 heavy (non-hydrogen) atoms. The Bertz CT molecular complexity index is 597. The van der Waals surface area contributed by atoms with Gasteiger partial charge in [-0.15, -0.1) is 0 Å². The van der Waals surface area contributed by atoms with Crippen LogP contribution in [0.4, 0.5) is 4.39 Å². The van der Waals surface area contributed by atoms with Crippen molar-refractivity contribution in [3.63, 3.8) is 0 Å². The van der Waals surface area contributed by atoms with Crippen LogP contribution in [0.25, 0.3) is 0 Å². The Labute approximate surface area is 128 Å². The smallest absolute Gasteiger partial charge is 0.311 e. The number of piperidine rings is 1. The summed E-state index contributed by atoms with van der Waals surface area (Å²) in [6.45, 7) is 1.29. The maximum atomic E-state index is 13.8. The summed E-state index contributed by atoms with van der Waals surface area (Å²) in [6, 6.07) is 6.42. The third-order valence-corrected chi connectivity index (χ3v) is 4.46. The molecule has 3 rings (SSSR count). The van der Waals surface area contributed by atoms with Crippen LogP contribution in [0.15, 0.2) is 29.4 Å². The molecule has 1 fully saturated rings. The van der Waals surface area contributed by atoms with Crippen LogP contribution in [0.3, 0.4) is 0 Å². The second-order valence-corrected chi connectivity index (χ2v) is 6.02. The summed E-state index contributed by atoms with van der Waals surface area (Å²) in [5.41, 5.74) is 0.159. The number of halogens is 1. The van der Waals surface area contributed by atoms with Crippen LogP contribution in [0.2, 0.25) is 0 Å². The van der Waals surface area contributed by atoms with Gasteiger partial charge in [0.05, 0.1) is 11.1 Å². The van der Waals surface area contributed by atoms with E-state index >= 15 is 0 Å². The maximum absolute atomic E-state index is 13.8. The predicted molar refractivity (Wildman–Crippen MR) is 79.2 cm³/mol. The molecule has 0 bridgehead atoms. The average Bonchev–Trinajstić information content (AvgIpc) is 2.96. The van der Waals surface area contributed by atoms with Crippen molar-refractivity contribution in [2.75, 3.05) is 13.1 Å². The number of aliphatic carboxylic acids is 1. The first kappa shape index (κ1) is 15.0. The van der Waals surface area contributed by atoms with Crippen molar-refractivity contribution < 1.29 is 19.1 Å². The minimum absolute atomic E-state index is 0.314. The molecule has 2 N–H and O–H groups in total. The Kier molecular flexibility index (Phi) is 4.11. The van der Waals surface area contributed by atoms with E-state index in [1.54, 1.807) is 18.2 Å². The van der Waals surface area contributed by atoms with Crippen molar-refractivity contribution in [3.05, 3.63) is 35.6 Å². The van der Waals surface area contributed by atoms with Crippen LogP contribution >= 0.6 is 0 Å². The van der Waals surface area contributed by atoms with Gasteiger partial charge >= 0.3 is 5.97 Å². The third kappa shape index (κ3) is 2.83. The summed E-state index contributed by atoms with van der Waals surface area (Å²) >= 11 is 0. The molecule has 2 heterocycles. The molecule has 0 spiro atoms. The number of rotatable bonds is 4. The van der Waals surface area contributed by atoms with Gasteiger partial charge in [0, 0.05) is 24.9 Å². The van der Waals surface area contributed by atoms with Crippen molar-refractivity contribution >= 4 is 11.7 Å². The van der Waals surface area contributed by atoms with Crippen molar-refractivity contribution in [2.24, 2.45) is 10.6 Å². The predicted octanol–water partition coefficient (Wildman–Crippen LogP) is 2.16. The largest absolute Gasteiger partial charge is 0.481 e. The summed E-state index contributed by atoms with van der Waals surface area (Å²) in [5.74, 6) is -1.14. The Morgan fingerprint density at radius 2 is 2.32 bits per heavy atom. The minimum atomic E-state index is -0.816. The Hall–Kier alpha value is -1.95. The quantitative estimate of drug-likeness (QED) is 0.894. The first-order valence-corrected chi connectivity index (χ1v) is 7.52. The van der Waals surface area contributed by atoms with Crippen molar-refractivity contribution in [2.45, 2.75) is 31.8 Å². The molecule has 0 radical (unpaired) electrons. The molecule has 1 aromatic carbocycles. The van der Waals surface area contributed by atoms with E-state index in [4.69, 9.17) is 4.84 Å². The fourth-order valence-corrected chi connectivity index (χ4v) is 3.24. The normalized spacial score (nSPS) is 28.0. The Morgan fingerprint density at radius 3 is 3.00 bits per heavy atom. The van der Waals surface area contributed by atoms with E-state index in [9.17, 15) is 14.3 Å². The monoisotopic (exact) mass is 306 g/mol. The van der Waals surface area contributed by atoms with Crippen LogP contribution in [-0.2, 0) is 9.63 Å². The summed E-state index contributed by atoms with van der Waals surface area (Å²) in [7, 11) is 0. The topological polar surface area (TPSA) is 70.9 Å². The average molecular weight is 306 g/mol. The fourth-order valence-electron chi connectivity index (χ4n) is 3.24. The number of carbonyl (C=O) groups is 1. The molecule has 0 aliphatic carbocycles. The highest BCUT2D eigenvalue weighted by atomic mass is 19.1. The van der Waals surface area contributed by atoms with Gasteiger partial charge in [0.1, 0.15) is 11.9 Å². The molecule has 0 amide bonds. The van der Waals surface area contributed by atoms with Gasteiger partial charge < -0.3 is 15.3 Å². The first-order valence-electron chi connectivity index (χ1n) is 7.52. The van der Waals surface area contributed by atoms with Gasteiger partial charge in [-0.05, 0) is 25.5 Å². The molecule has 6 heteroatoms. The second kappa shape index (κ2) is 6.04. The van der Waals surface area contributed by atoms with E-state index in [1.807, 2.05) is 0 Å². The van der Waals surface area contributed by atoms with E-state index in [1.165, 1.54) is 6.07 Å². The van der Waals surface area contributed by atoms with E-state index < -0.39 is 11.4 Å². The number of carboxylic acid groups (broad SMARTS) is 1. The molecular weight excluding hydrogens is 287 g/mol. The molecule has 0 aromatic heterocycles. The standard InChI is InChI=1S/C16H19FN2O3/c17-13-5-2-1-4-12(13)14-8-11(22-19-14)9-16(15(20)21)6-3-7-18-10-16/h1-2,4-5,11,18H,3,6-10H2,(H,20,21)/t11-,16-/m1/s1. The zero-order valence-corrected chi connectivity index (χ0v) is 12.2. The molecule has 1 saturated heterocycles. The fraction of sp³-hybridized carbons (Fsp3) is 0.500. The third-order valence-electron chi connectivity index (χ3n) is 4.46. The Morgan fingerprint density at radius 1 is 1.50 bits per heavy atom. The van der Waals surface area contributed by atoms with Crippen molar-refractivity contribution in [1.29, 1.82) is 0 Å². The van der Waals surface area contributed by atoms with E-state index in [0.29, 0.717) is 37.1 Å². The number of benzene rings is 1. The van der Waals surface area contributed by atoms with Crippen molar-refractivity contribution in [3.8, 4) is 0 Å². The summed E-state index contributed by atoms with van der Waals surface area (Å²) < 4.78 is 13.8. The first-order chi connectivity index (χ1) is 10.6. The highest BCUT2D eigenvalue weighted by Gasteiger charge is 2.43. The number of oxime groups is 1. The highest BCUT2D eigenvalue weighted by Crippen LogP contribution is 2.35. The number of hydrogen-bond donors (Lipinski definition) is 2. The minimum Gasteiger partial charge on any atom is -0.481 e. The van der Waals surface area contributed by atoms with Gasteiger partial charge in [0.15, 0.2) is 0 Å². The summed E-state index contributed by atoms with van der Waals surface area (Å²) in [6.07, 6.45) is 1.97. The zero-order valence-electron chi connectivity index (χ0n) is 12.2. The second-order valence-electron chi connectivity index (χ2n) is 6.02. The number of nitrogens with one attached hydrogen (secondary N) is 1. The Balaban J connectivity index is 1.69. The lowest BCUT2D eigenvalue weighted by Gasteiger charge is -2.34. The van der Waals surface area contributed by atoms with Crippen LogP contribution in [0.1, 0.15) is 31.2 Å². The molecule has 5 nitrogen and oxygen atoms in total. The van der Waals surface area contributed by atoms with E-state index in [-0.39, 0.29) is 11.9 Å². The van der Waals surface area contributed by atoms with Gasteiger partial charge in [0.25, 0.3) is 0 Å². The van der Waals surface area contributed by atoms with Gasteiger partial charge in [-0.25, -0.2) is 4.39 Å². The highest BCUT2D eigenvalue weighted by molar-refractivity contribution is 6.01. The van der Waals surface area contributed by atoms with Gasteiger partial charge in [0.2, 0.25) is 0 Å². The maximum Gasteiger partial charge on any atom is 0.311 e. The molecular formula is C16H19FN2O3. The molecule has 1 aromatic rings. The number of carboxylic acids is 1. The van der Waals surface area contributed by atoms with Gasteiger partial charge in [-0.1, -0.05) is 23.4 Å². The lowest BCUT2D eigenvalue weighted by Crippen LogP contribution is -2.47. The van der Waals surface area contributed by atoms with E-state index in [2.05, 4.69) is 10.5 Å². The van der Waals surface area contributed by atoms with Crippen LogP contribution in [-0.4, -0.2) is 36.0 Å². The van der Waals surface area contributed by atoms with Gasteiger partial charge in [-0.3, -0.25) is 4.79 Å². The molecule has 2 aliphatic rings. The molecule has 118 valence electrons. The van der Waals surface area contributed by atoms with Gasteiger partial charge in [-0.2, -0.15) is 0 Å². The van der Waals surface area contributed by atoms with E-state index in [0.717, 1.165) is 13.0 Å². The molecule has 0 saturated carbocycles. The van der Waals surface area contributed by atoms with Crippen molar-refractivity contribution in [1.82, 2.24) is 5.32 Å². The van der Waals surface area contributed by atoms with Crippen LogP contribution in [0.5, 0.6) is 0 Å². The zero-order chi connectivity index (χ0) is 15.6. The molecule has 2 aliphatic heterocycles. The SMILES string of the molecule is O=C(O)[C@@]1(C[C@H]2CC(c3ccccc3F)=NO2)CCCNC1. The molecule has 0 unspecified atom stereocenters. The molecule has 2 atom stereocenters. The number of nitrogens with zero attached hydrogens (tertiary/aromatic N) is 1. The lowest BCUT2D eigenvalue weighted by atomic mass is 9.75. The van der Waals surface area contributed by atoms with Crippen LogP contribution in [0, 0.1) is 11.2 Å². The summed E-state index contributed by atoms with van der Waals surface area (Å²) in [4.78, 5) is 17.1. The lowest BCUT2D eigenvalue weighted by molar-refractivity contribution is -0.152. The van der Waals surface area contributed by atoms with Crippen LogP contribution < -0.4 is 5.32 Å². The summed E-state index contributed by atoms with van der Waals surface area (Å²) in [5, 5.41) is 16.7. The number of hydrogen-bond acceptors (Lipinski definition) is 4.